The number of halogens is 1. The molecule has 0 bridgehead atoms. The summed E-state index contributed by atoms with van der Waals surface area (Å²) >= 11 is 7.09. The van der Waals surface area contributed by atoms with Crippen molar-refractivity contribution in [3.05, 3.63) is 29.0 Å². The van der Waals surface area contributed by atoms with Crippen LogP contribution in [0.15, 0.2) is 21.7 Å². The van der Waals surface area contributed by atoms with E-state index in [-0.39, 0.29) is 0 Å². The molecule has 0 atom stereocenters. The summed E-state index contributed by atoms with van der Waals surface area (Å²) in [6, 6.07) is 3.49. The summed E-state index contributed by atoms with van der Waals surface area (Å²) in [5.41, 5.74) is 0. The van der Waals surface area contributed by atoms with Crippen molar-refractivity contribution in [3.63, 3.8) is 0 Å². The van der Waals surface area contributed by atoms with Gasteiger partial charge in [0.2, 0.25) is 5.89 Å². The van der Waals surface area contributed by atoms with Gasteiger partial charge in [0.15, 0.2) is 11.0 Å². The van der Waals surface area contributed by atoms with Gasteiger partial charge in [0.25, 0.3) is 0 Å². The van der Waals surface area contributed by atoms with Gasteiger partial charge < -0.3 is 4.52 Å². The molecule has 2 heterocycles. The van der Waals surface area contributed by atoms with Crippen LogP contribution in [0.5, 0.6) is 0 Å². The first kappa shape index (κ1) is 10.4. The molecule has 0 radical (unpaired) electrons. The smallest absolute Gasteiger partial charge is 0.223 e. The number of hydrogen-bond donors (Lipinski definition) is 0. The molecule has 0 aliphatic heterocycles. The molecule has 0 amide bonds. The normalized spacial score (nSPS) is 10.5. The lowest BCUT2D eigenvalue weighted by Gasteiger charge is -1.95. The minimum atomic E-state index is 0.384. The van der Waals surface area contributed by atoms with Crippen molar-refractivity contribution >= 4 is 23.4 Å². The fourth-order valence-corrected chi connectivity index (χ4v) is 1.68. The van der Waals surface area contributed by atoms with Crippen LogP contribution in [0.2, 0.25) is 5.15 Å². The molecule has 0 fully saturated rings. The second-order valence-corrected chi connectivity index (χ2v) is 4.10. The predicted octanol–water partition coefficient (Wildman–Crippen LogP) is 2.11. The quantitative estimate of drug-likeness (QED) is 0.768. The zero-order valence-corrected chi connectivity index (χ0v) is 9.42. The van der Waals surface area contributed by atoms with Crippen molar-refractivity contribution in [3.8, 4) is 0 Å². The summed E-state index contributed by atoms with van der Waals surface area (Å²) in [5.74, 6) is 1.82. The summed E-state index contributed by atoms with van der Waals surface area (Å²) in [6.45, 7) is 1.75. The topological polar surface area (TPSA) is 64.7 Å². The number of thioether (sulfide) groups is 1. The van der Waals surface area contributed by atoms with E-state index in [1.165, 1.54) is 11.8 Å². The van der Waals surface area contributed by atoms with Gasteiger partial charge >= 0.3 is 0 Å². The lowest BCUT2D eigenvalue weighted by molar-refractivity contribution is 0.389. The van der Waals surface area contributed by atoms with E-state index in [4.69, 9.17) is 16.1 Å². The number of aryl methyl sites for hydroxylation is 1. The fraction of sp³-hybridized carbons (Fsp3) is 0.250. The highest BCUT2D eigenvalue weighted by Crippen LogP contribution is 2.19. The number of rotatable bonds is 3. The van der Waals surface area contributed by atoms with Crippen LogP contribution in [0.3, 0.4) is 0 Å². The molecule has 0 saturated carbocycles. The fourth-order valence-electron chi connectivity index (χ4n) is 0.919. The first-order valence-corrected chi connectivity index (χ1v) is 5.51. The van der Waals surface area contributed by atoms with Gasteiger partial charge in [-0.25, -0.2) is 0 Å². The maximum atomic E-state index is 5.61. The van der Waals surface area contributed by atoms with Crippen LogP contribution >= 0.6 is 23.4 Å². The number of hydrogen-bond acceptors (Lipinski definition) is 6. The van der Waals surface area contributed by atoms with Crippen molar-refractivity contribution in [1.29, 1.82) is 0 Å². The third kappa shape index (κ3) is 2.90. The van der Waals surface area contributed by atoms with Crippen LogP contribution in [0.1, 0.15) is 11.7 Å². The summed E-state index contributed by atoms with van der Waals surface area (Å²) in [6.07, 6.45) is 0. The minimum Gasteiger partial charge on any atom is -0.340 e. The highest BCUT2D eigenvalue weighted by molar-refractivity contribution is 7.98. The van der Waals surface area contributed by atoms with Crippen LogP contribution in [0.25, 0.3) is 0 Å². The van der Waals surface area contributed by atoms with Crippen molar-refractivity contribution in [2.24, 2.45) is 0 Å². The summed E-state index contributed by atoms with van der Waals surface area (Å²) in [7, 11) is 0. The van der Waals surface area contributed by atoms with E-state index in [9.17, 15) is 0 Å². The van der Waals surface area contributed by atoms with Crippen molar-refractivity contribution in [1.82, 2.24) is 20.3 Å². The van der Waals surface area contributed by atoms with Crippen LogP contribution in [-0.4, -0.2) is 20.3 Å². The zero-order valence-electron chi connectivity index (χ0n) is 7.85. The highest BCUT2D eigenvalue weighted by atomic mass is 35.5. The zero-order chi connectivity index (χ0) is 10.7. The second kappa shape index (κ2) is 4.59. The third-order valence-corrected chi connectivity index (χ3v) is 2.64. The molecule has 2 aromatic heterocycles. The Morgan fingerprint density at radius 3 is 2.87 bits per heavy atom. The standard InChI is InChI=1S/C8H7ClN4OS/c1-5-10-7(13-14-5)4-15-8-3-2-6(9)11-12-8/h2-3H,4H2,1H3. The molecule has 0 N–H and O–H groups in total. The molecule has 0 aliphatic carbocycles. The molecule has 15 heavy (non-hydrogen) atoms. The van der Waals surface area contributed by atoms with Gasteiger partial charge in [0.1, 0.15) is 5.03 Å². The molecule has 2 rings (SSSR count). The van der Waals surface area contributed by atoms with Gasteiger partial charge in [-0.1, -0.05) is 28.5 Å². The highest BCUT2D eigenvalue weighted by Gasteiger charge is 2.04. The molecule has 0 aromatic carbocycles. The summed E-state index contributed by atoms with van der Waals surface area (Å²) in [4.78, 5) is 4.07. The van der Waals surface area contributed by atoms with E-state index in [0.717, 1.165) is 5.03 Å². The van der Waals surface area contributed by atoms with Gasteiger partial charge in [-0.2, -0.15) is 4.98 Å². The van der Waals surface area contributed by atoms with Gasteiger partial charge in [0.05, 0.1) is 5.75 Å². The second-order valence-electron chi connectivity index (χ2n) is 2.71. The maximum absolute atomic E-state index is 5.61. The van der Waals surface area contributed by atoms with Crippen molar-refractivity contribution in [2.45, 2.75) is 17.7 Å². The Bertz CT molecular complexity index is 444. The maximum Gasteiger partial charge on any atom is 0.223 e. The SMILES string of the molecule is Cc1nc(CSc2ccc(Cl)nn2)no1. The summed E-state index contributed by atoms with van der Waals surface area (Å²) < 4.78 is 4.84. The summed E-state index contributed by atoms with van der Waals surface area (Å²) in [5, 5.41) is 12.6. The molecule has 7 heteroatoms. The van der Waals surface area contributed by atoms with E-state index in [1.807, 2.05) is 0 Å². The Hall–Kier alpha value is -1.14. The lowest BCUT2D eigenvalue weighted by Crippen LogP contribution is -1.88. The number of nitrogens with zero attached hydrogens (tertiary/aromatic N) is 4. The van der Waals surface area contributed by atoms with E-state index in [2.05, 4.69) is 20.3 Å². The van der Waals surface area contributed by atoms with E-state index >= 15 is 0 Å². The first-order chi connectivity index (χ1) is 7.24. The van der Waals surface area contributed by atoms with Crippen LogP contribution < -0.4 is 0 Å². The Kier molecular flexibility index (Phi) is 3.17. The molecule has 0 aliphatic rings. The van der Waals surface area contributed by atoms with E-state index < -0.39 is 0 Å². The molecule has 2 aromatic rings. The van der Waals surface area contributed by atoms with Gasteiger partial charge in [-0.15, -0.1) is 10.2 Å². The molecular formula is C8H7ClN4OS. The van der Waals surface area contributed by atoms with E-state index in [0.29, 0.717) is 22.6 Å². The molecule has 0 saturated heterocycles. The predicted molar refractivity (Wildman–Crippen MR) is 55.6 cm³/mol. The van der Waals surface area contributed by atoms with Gasteiger partial charge in [-0.3, -0.25) is 0 Å². The minimum absolute atomic E-state index is 0.384. The van der Waals surface area contributed by atoms with Crippen LogP contribution in [-0.2, 0) is 5.75 Å². The average molecular weight is 243 g/mol. The molecule has 0 spiro atoms. The van der Waals surface area contributed by atoms with Crippen molar-refractivity contribution in [2.75, 3.05) is 0 Å². The number of aromatic nitrogens is 4. The van der Waals surface area contributed by atoms with Crippen molar-refractivity contribution < 1.29 is 4.52 Å². The largest absolute Gasteiger partial charge is 0.340 e. The Morgan fingerprint density at radius 2 is 2.27 bits per heavy atom. The first-order valence-electron chi connectivity index (χ1n) is 4.15. The molecule has 5 nitrogen and oxygen atoms in total. The molecule has 78 valence electrons. The van der Waals surface area contributed by atoms with Crippen LogP contribution in [0.4, 0.5) is 0 Å². The Labute approximate surface area is 95.2 Å². The van der Waals surface area contributed by atoms with Crippen LogP contribution in [0, 0.1) is 6.92 Å². The Balaban J connectivity index is 1.96. The lowest BCUT2D eigenvalue weighted by atomic mass is 10.6. The molecule has 0 unspecified atom stereocenters. The Morgan fingerprint density at radius 1 is 1.40 bits per heavy atom. The van der Waals surface area contributed by atoms with Gasteiger partial charge in [-0.05, 0) is 12.1 Å². The monoisotopic (exact) mass is 242 g/mol. The third-order valence-electron chi connectivity index (χ3n) is 1.53. The van der Waals surface area contributed by atoms with E-state index in [1.54, 1.807) is 19.1 Å². The average Bonchev–Trinajstić information content (AvgIpc) is 2.64. The molecular weight excluding hydrogens is 236 g/mol. The van der Waals surface area contributed by atoms with Gasteiger partial charge in [0, 0.05) is 6.92 Å².